The predicted octanol–water partition coefficient (Wildman–Crippen LogP) is 1.33. The number of hydrogen-bond donors (Lipinski definition) is 1. The van der Waals surface area contributed by atoms with E-state index in [1.54, 1.807) is 0 Å². The average molecular weight is 195 g/mol. The summed E-state index contributed by atoms with van der Waals surface area (Å²) >= 11 is 0. The van der Waals surface area contributed by atoms with Gasteiger partial charge in [-0.15, -0.1) is 0 Å². The molecule has 78 valence electrons. The second kappa shape index (κ2) is 3.37. The minimum atomic E-state index is -0.0975. The van der Waals surface area contributed by atoms with Gasteiger partial charge < -0.3 is 0 Å². The van der Waals surface area contributed by atoms with Crippen molar-refractivity contribution in [2.24, 2.45) is 23.7 Å². The van der Waals surface area contributed by atoms with Crippen LogP contribution in [0.4, 0.5) is 0 Å². The van der Waals surface area contributed by atoms with Crippen molar-refractivity contribution >= 4 is 11.8 Å². The van der Waals surface area contributed by atoms with Crippen LogP contribution in [0.15, 0.2) is 0 Å². The van der Waals surface area contributed by atoms with Crippen LogP contribution in [0.2, 0.25) is 0 Å². The molecule has 2 fully saturated rings. The second-order valence-electron chi connectivity index (χ2n) is 4.79. The Bertz CT molecular complexity index is 274. The van der Waals surface area contributed by atoms with Gasteiger partial charge in [-0.25, -0.2) is 0 Å². The molecule has 2 aliphatic rings. The molecule has 14 heavy (non-hydrogen) atoms. The molecule has 1 aliphatic carbocycles. The van der Waals surface area contributed by atoms with Gasteiger partial charge in [0.1, 0.15) is 0 Å². The minimum Gasteiger partial charge on any atom is -0.296 e. The Kier molecular flexibility index (Phi) is 2.33. The zero-order valence-corrected chi connectivity index (χ0v) is 8.75. The first kappa shape index (κ1) is 9.69. The molecule has 1 saturated carbocycles. The summed E-state index contributed by atoms with van der Waals surface area (Å²) in [7, 11) is 0. The number of imide groups is 1. The molecule has 0 spiro atoms. The van der Waals surface area contributed by atoms with Crippen LogP contribution in [0.1, 0.15) is 33.1 Å². The summed E-state index contributed by atoms with van der Waals surface area (Å²) in [5, 5.41) is 2.47. The van der Waals surface area contributed by atoms with Crippen molar-refractivity contribution in [3.05, 3.63) is 0 Å². The molecule has 3 heteroatoms. The Morgan fingerprint density at radius 3 is 2.36 bits per heavy atom. The lowest BCUT2D eigenvalue weighted by atomic mass is 9.61. The summed E-state index contributed by atoms with van der Waals surface area (Å²) < 4.78 is 0. The van der Waals surface area contributed by atoms with Gasteiger partial charge in [0, 0.05) is 12.3 Å². The normalized spacial score (nSPS) is 43.0. The monoisotopic (exact) mass is 195 g/mol. The lowest BCUT2D eigenvalue weighted by molar-refractivity contribution is -0.139. The Morgan fingerprint density at radius 1 is 1.14 bits per heavy atom. The van der Waals surface area contributed by atoms with Gasteiger partial charge in [-0.05, 0) is 30.6 Å². The Labute approximate surface area is 84.2 Å². The van der Waals surface area contributed by atoms with E-state index < -0.39 is 0 Å². The third-order valence-electron chi connectivity index (χ3n) is 3.94. The van der Waals surface area contributed by atoms with Gasteiger partial charge in [0.2, 0.25) is 11.8 Å². The van der Waals surface area contributed by atoms with Crippen LogP contribution in [0.3, 0.4) is 0 Å². The number of carbonyl (C=O) groups is 2. The fourth-order valence-electron chi connectivity index (χ4n) is 2.82. The topological polar surface area (TPSA) is 46.2 Å². The first-order chi connectivity index (χ1) is 6.59. The summed E-state index contributed by atoms with van der Waals surface area (Å²) in [6.07, 6.45) is 2.86. The molecule has 0 aromatic heterocycles. The number of rotatable bonds is 0. The van der Waals surface area contributed by atoms with Gasteiger partial charge >= 0.3 is 0 Å². The van der Waals surface area contributed by atoms with Gasteiger partial charge in [-0.2, -0.15) is 0 Å². The molecule has 1 aliphatic heterocycles. The summed E-state index contributed by atoms with van der Waals surface area (Å²) in [4.78, 5) is 22.9. The van der Waals surface area contributed by atoms with Crippen LogP contribution >= 0.6 is 0 Å². The van der Waals surface area contributed by atoms with E-state index >= 15 is 0 Å². The van der Waals surface area contributed by atoms with E-state index in [0.29, 0.717) is 24.2 Å². The number of nitrogens with one attached hydrogen (secondary N) is 1. The zero-order valence-electron chi connectivity index (χ0n) is 8.75. The SMILES string of the molecule is CC1CC(=O)NC(=O)C(C)C2CCC12. The first-order valence-corrected chi connectivity index (χ1v) is 5.43. The highest BCUT2D eigenvalue weighted by Gasteiger charge is 2.42. The first-order valence-electron chi connectivity index (χ1n) is 5.43. The number of fused-ring (bicyclic) bond motifs is 1. The van der Waals surface area contributed by atoms with E-state index in [2.05, 4.69) is 12.2 Å². The molecule has 0 radical (unpaired) electrons. The van der Waals surface area contributed by atoms with Crippen LogP contribution in [-0.2, 0) is 9.59 Å². The van der Waals surface area contributed by atoms with Crippen LogP contribution in [0.5, 0.6) is 0 Å². The molecule has 1 heterocycles. The standard InChI is InChI=1S/C11H17NO2/c1-6-5-10(13)12-11(14)7(2)9-4-3-8(6)9/h6-9H,3-5H2,1-2H3,(H,12,13,14). The fraction of sp³-hybridized carbons (Fsp3) is 0.818. The zero-order chi connectivity index (χ0) is 10.3. The van der Waals surface area contributed by atoms with E-state index in [4.69, 9.17) is 0 Å². The van der Waals surface area contributed by atoms with E-state index in [0.717, 1.165) is 6.42 Å². The van der Waals surface area contributed by atoms with Crippen molar-refractivity contribution in [2.75, 3.05) is 0 Å². The Hall–Kier alpha value is -0.860. The molecule has 4 unspecified atom stereocenters. The highest BCUT2D eigenvalue weighted by molar-refractivity contribution is 5.96. The summed E-state index contributed by atoms with van der Waals surface area (Å²) in [6.45, 7) is 4.07. The average Bonchev–Trinajstić information content (AvgIpc) is 1.99. The quantitative estimate of drug-likeness (QED) is 0.593. The molecular formula is C11H17NO2. The van der Waals surface area contributed by atoms with Crippen molar-refractivity contribution in [1.29, 1.82) is 0 Å². The van der Waals surface area contributed by atoms with E-state index in [1.165, 1.54) is 6.42 Å². The number of carbonyl (C=O) groups excluding carboxylic acids is 2. The largest absolute Gasteiger partial charge is 0.296 e. The summed E-state index contributed by atoms with van der Waals surface area (Å²) in [6, 6.07) is 0. The van der Waals surface area contributed by atoms with Crippen molar-refractivity contribution < 1.29 is 9.59 Å². The molecule has 1 N–H and O–H groups in total. The van der Waals surface area contributed by atoms with Crippen LogP contribution in [-0.4, -0.2) is 11.8 Å². The number of hydrogen-bond acceptors (Lipinski definition) is 2. The smallest absolute Gasteiger partial charge is 0.229 e. The van der Waals surface area contributed by atoms with Gasteiger partial charge in [-0.3, -0.25) is 14.9 Å². The lowest BCUT2D eigenvalue weighted by Gasteiger charge is -2.44. The molecule has 3 nitrogen and oxygen atoms in total. The maximum Gasteiger partial charge on any atom is 0.229 e. The maximum absolute atomic E-state index is 11.5. The molecule has 2 amide bonds. The van der Waals surface area contributed by atoms with Crippen molar-refractivity contribution in [2.45, 2.75) is 33.1 Å². The summed E-state index contributed by atoms with van der Waals surface area (Å²) in [5.74, 6) is 1.39. The van der Waals surface area contributed by atoms with Gasteiger partial charge in [0.15, 0.2) is 0 Å². The fourth-order valence-corrected chi connectivity index (χ4v) is 2.82. The highest BCUT2D eigenvalue weighted by Crippen LogP contribution is 2.45. The molecule has 2 rings (SSSR count). The molecular weight excluding hydrogens is 178 g/mol. The predicted molar refractivity (Wildman–Crippen MR) is 52.3 cm³/mol. The summed E-state index contributed by atoms with van der Waals surface area (Å²) in [5.41, 5.74) is 0. The second-order valence-corrected chi connectivity index (χ2v) is 4.79. The third-order valence-corrected chi connectivity index (χ3v) is 3.94. The van der Waals surface area contributed by atoms with E-state index in [1.807, 2.05) is 6.92 Å². The maximum atomic E-state index is 11.5. The van der Waals surface area contributed by atoms with E-state index in [9.17, 15) is 9.59 Å². The Morgan fingerprint density at radius 2 is 1.79 bits per heavy atom. The van der Waals surface area contributed by atoms with Gasteiger partial charge in [-0.1, -0.05) is 13.8 Å². The van der Waals surface area contributed by atoms with Gasteiger partial charge in [0.25, 0.3) is 0 Å². The third kappa shape index (κ3) is 1.45. The van der Waals surface area contributed by atoms with Crippen molar-refractivity contribution in [1.82, 2.24) is 5.32 Å². The van der Waals surface area contributed by atoms with Gasteiger partial charge in [0.05, 0.1) is 0 Å². The lowest BCUT2D eigenvalue weighted by Crippen LogP contribution is -2.48. The highest BCUT2D eigenvalue weighted by atomic mass is 16.2. The molecule has 0 bridgehead atoms. The van der Waals surface area contributed by atoms with Crippen LogP contribution < -0.4 is 5.32 Å². The van der Waals surface area contributed by atoms with Crippen molar-refractivity contribution in [3.8, 4) is 0 Å². The van der Waals surface area contributed by atoms with Crippen LogP contribution in [0, 0.1) is 23.7 Å². The van der Waals surface area contributed by atoms with Crippen molar-refractivity contribution in [3.63, 3.8) is 0 Å². The van der Waals surface area contributed by atoms with E-state index in [-0.39, 0.29) is 17.7 Å². The van der Waals surface area contributed by atoms with Crippen LogP contribution in [0.25, 0.3) is 0 Å². The minimum absolute atomic E-state index is 0.0143. The number of amides is 2. The molecule has 4 atom stereocenters. The molecule has 1 saturated heterocycles. The molecule has 0 aromatic carbocycles. The molecule has 0 aromatic rings. The Balaban J connectivity index is 2.16.